The van der Waals surface area contributed by atoms with Gasteiger partial charge in [0.05, 0.1) is 11.1 Å². The van der Waals surface area contributed by atoms with Gasteiger partial charge in [-0.3, -0.25) is 0 Å². The number of aromatic carboxylic acids is 1. The third-order valence-electron chi connectivity index (χ3n) is 3.38. The van der Waals surface area contributed by atoms with Crippen LogP contribution in [0.3, 0.4) is 0 Å². The number of carboxylic acid groups (broad SMARTS) is 1. The Hall–Kier alpha value is -2.82. The van der Waals surface area contributed by atoms with E-state index >= 15 is 0 Å². The van der Waals surface area contributed by atoms with E-state index in [1.807, 2.05) is 49.3 Å². The van der Waals surface area contributed by atoms with Crippen molar-refractivity contribution in [2.45, 2.75) is 0 Å². The summed E-state index contributed by atoms with van der Waals surface area (Å²) in [5.41, 5.74) is 3.40. The van der Waals surface area contributed by atoms with Crippen molar-refractivity contribution in [2.24, 2.45) is 0 Å². The highest BCUT2D eigenvalue weighted by Crippen LogP contribution is 2.25. The van der Waals surface area contributed by atoms with Gasteiger partial charge in [-0.25, -0.2) is 9.78 Å². The van der Waals surface area contributed by atoms with Crippen molar-refractivity contribution in [3.8, 4) is 11.4 Å². The van der Waals surface area contributed by atoms with Gasteiger partial charge in [-0.15, -0.1) is 0 Å². The minimum Gasteiger partial charge on any atom is -0.478 e. The molecule has 0 radical (unpaired) electrons. The van der Waals surface area contributed by atoms with Crippen LogP contribution in [0.15, 0.2) is 42.5 Å². The monoisotopic (exact) mass is 281 g/mol. The molecule has 106 valence electrons. The largest absolute Gasteiger partial charge is 0.478 e. The van der Waals surface area contributed by atoms with E-state index in [2.05, 4.69) is 9.97 Å². The Balaban J connectivity index is 2.15. The highest BCUT2D eigenvalue weighted by molar-refractivity contribution is 6.01. The number of benzene rings is 2. The number of H-pyrrole nitrogens is 1. The van der Waals surface area contributed by atoms with Gasteiger partial charge in [0.2, 0.25) is 0 Å². The highest BCUT2D eigenvalue weighted by atomic mass is 16.4. The molecule has 0 unspecified atom stereocenters. The molecule has 0 aliphatic carbocycles. The van der Waals surface area contributed by atoms with Crippen molar-refractivity contribution in [2.75, 3.05) is 19.0 Å². The van der Waals surface area contributed by atoms with Gasteiger partial charge >= 0.3 is 5.97 Å². The molecule has 1 heterocycles. The van der Waals surface area contributed by atoms with Crippen molar-refractivity contribution in [3.63, 3.8) is 0 Å². The Morgan fingerprint density at radius 1 is 1.19 bits per heavy atom. The molecule has 0 spiro atoms. The Labute approximate surface area is 121 Å². The second-order valence-corrected chi connectivity index (χ2v) is 5.04. The molecule has 0 aliphatic heterocycles. The van der Waals surface area contributed by atoms with Crippen LogP contribution in [0.25, 0.3) is 22.4 Å². The predicted molar refractivity (Wildman–Crippen MR) is 82.8 cm³/mol. The molecule has 0 amide bonds. The standard InChI is InChI=1S/C16H15N3O2/c1-19(2)11-6-3-5-10(9-11)15-17-13-8-4-7-12(16(20)21)14(13)18-15/h3-9H,1-2H3,(H,17,18)(H,20,21). The van der Waals surface area contributed by atoms with Crippen LogP contribution in [0, 0.1) is 0 Å². The first kappa shape index (κ1) is 13.2. The molecule has 5 heteroatoms. The molecule has 3 aromatic rings. The van der Waals surface area contributed by atoms with Crippen LogP contribution in [0.1, 0.15) is 10.4 Å². The fourth-order valence-corrected chi connectivity index (χ4v) is 2.27. The summed E-state index contributed by atoms with van der Waals surface area (Å²) in [6, 6.07) is 13.0. The normalized spacial score (nSPS) is 10.8. The van der Waals surface area contributed by atoms with Crippen molar-refractivity contribution in [1.29, 1.82) is 0 Å². The molecule has 0 bridgehead atoms. The smallest absolute Gasteiger partial charge is 0.337 e. The number of hydrogen-bond donors (Lipinski definition) is 2. The average Bonchev–Trinajstić information content (AvgIpc) is 2.91. The number of aromatic amines is 1. The number of rotatable bonds is 3. The second kappa shape index (κ2) is 4.94. The third kappa shape index (κ3) is 2.33. The summed E-state index contributed by atoms with van der Waals surface area (Å²) in [6.45, 7) is 0. The average molecular weight is 281 g/mol. The molecule has 3 rings (SSSR count). The number of para-hydroxylation sites is 1. The van der Waals surface area contributed by atoms with E-state index in [-0.39, 0.29) is 5.56 Å². The Kier molecular flexibility index (Phi) is 3.10. The second-order valence-electron chi connectivity index (χ2n) is 5.04. The predicted octanol–water partition coefficient (Wildman–Crippen LogP) is 2.99. The molecule has 0 saturated carbocycles. The van der Waals surface area contributed by atoms with Crippen LogP contribution < -0.4 is 4.90 Å². The number of carboxylic acids is 1. The van der Waals surface area contributed by atoms with E-state index in [4.69, 9.17) is 0 Å². The SMILES string of the molecule is CN(C)c1cccc(-c2nc3c(C(=O)O)cccc3[nH]2)c1. The summed E-state index contributed by atoms with van der Waals surface area (Å²) in [5.74, 6) is -0.303. The van der Waals surface area contributed by atoms with Gasteiger partial charge in [0.25, 0.3) is 0 Å². The molecular formula is C16H15N3O2. The number of anilines is 1. The minimum absolute atomic E-state index is 0.207. The van der Waals surface area contributed by atoms with Crippen molar-refractivity contribution in [1.82, 2.24) is 9.97 Å². The zero-order chi connectivity index (χ0) is 15.0. The fraction of sp³-hybridized carbons (Fsp3) is 0.125. The van der Waals surface area contributed by atoms with Crippen molar-refractivity contribution in [3.05, 3.63) is 48.0 Å². The number of carbonyl (C=O) groups is 1. The van der Waals surface area contributed by atoms with Gasteiger partial charge in [-0.1, -0.05) is 18.2 Å². The lowest BCUT2D eigenvalue weighted by Crippen LogP contribution is -2.08. The fourth-order valence-electron chi connectivity index (χ4n) is 2.27. The molecule has 1 aromatic heterocycles. The zero-order valence-electron chi connectivity index (χ0n) is 11.8. The number of nitrogens with zero attached hydrogens (tertiary/aromatic N) is 2. The summed E-state index contributed by atoms with van der Waals surface area (Å²) < 4.78 is 0. The van der Waals surface area contributed by atoms with E-state index in [1.165, 1.54) is 0 Å². The first-order chi connectivity index (χ1) is 10.1. The molecular weight excluding hydrogens is 266 g/mol. The lowest BCUT2D eigenvalue weighted by Gasteiger charge is -2.12. The van der Waals surface area contributed by atoms with Gasteiger partial charge in [0, 0.05) is 25.3 Å². The maximum Gasteiger partial charge on any atom is 0.337 e. The van der Waals surface area contributed by atoms with Crippen LogP contribution in [-0.4, -0.2) is 35.1 Å². The van der Waals surface area contributed by atoms with Gasteiger partial charge in [-0.05, 0) is 24.3 Å². The maximum atomic E-state index is 11.2. The Morgan fingerprint density at radius 3 is 2.67 bits per heavy atom. The summed E-state index contributed by atoms with van der Waals surface area (Å²) in [7, 11) is 3.95. The van der Waals surface area contributed by atoms with Gasteiger partial charge in [0.15, 0.2) is 0 Å². The van der Waals surface area contributed by atoms with Crippen LogP contribution in [0.2, 0.25) is 0 Å². The summed E-state index contributed by atoms with van der Waals surface area (Å²) >= 11 is 0. The molecule has 0 aliphatic rings. The summed E-state index contributed by atoms with van der Waals surface area (Å²) in [5, 5.41) is 9.22. The molecule has 0 saturated heterocycles. The number of nitrogens with one attached hydrogen (secondary N) is 1. The molecule has 2 aromatic carbocycles. The molecule has 2 N–H and O–H groups in total. The Bertz CT molecular complexity index is 821. The minimum atomic E-state index is -0.972. The lowest BCUT2D eigenvalue weighted by molar-refractivity contribution is 0.0699. The first-order valence-electron chi connectivity index (χ1n) is 6.56. The van der Waals surface area contributed by atoms with E-state index in [0.717, 1.165) is 16.8 Å². The quantitative estimate of drug-likeness (QED) is 0.774. The van der Waals surface area contributed by atoms with Gasteiger partial charge in [-0.2, -0.15) is 0 Å². The van der Waals surface area contributed by atoms with Crippen LogP contribution in [0.5, 0.6) is 0 Å². The van der Waals surface area contributed by atoms with E-state index in [1.54, 1.807) is 12.1 Å². The van der Waals surface area contributed by atoms with Crippen LogP contribution in [0.4, 0.5) is 5.69 Å². The topological polar surface area (TPSA) is 69.2 Å². The zero-order valence-corrected chi connectivity index (χ0v) is 11.8. The van der Waals surface area contributed by atoms with E-state index in [0.29, 0.717) is 11.3 Å². The molecule has 0 fully saturated rings. The van der Waals surface area contributed by atoms with Crippen molar-refractivity contribution >= 4 is 22.7 Å². The number of aromatic nitrogens is 2. The number of imidazole rings is 1. The van der Waals surface area contributed by atoms with Crippen LogP contribution >= 0.6 is 0 Å². The summed E-state index contributed by atoms with van der Waals surface area (Å²) in [6.07, 6.45) is 0. The van der Waals surface area contributed by atoms with E-state index < -0.39 is 5.97 Å². The third-order valence-corrected chi connectivity index (χ3v) is 3.38. The lowest BCUT2D eigenvalue weighted by atomic mass is 10.2. The molecule has 5 nitrogen and oxygen atoms in total. The number of hydrogen-bond acceptors (Lipinski definition) is 3. The number of fused-ring (bicyclic) bond motifs is 1. The highest BCUT2D eigenvalue weighted by Gasteiger charge is 2.13. The van der Waals surface area contributed by atoms with Gasteiger partial charge < -0.3 is 15.0 Å². The Morgan fingerprint density at radius 2 is 1.95 bits per heavy atom. The van der Waals surface area contributed by atoms with E-state index in [9.17, 15) is 9.90 Å². The molecule has 21 heavy (non-hydrogen) atoms. The van der Waals surface area contributed by atoms with Crippen LogP contribution in [-0.2, 0) is 0 Å². The first-order valence-corrected chi connectivity index (χ1v) is 6.56. The van der Waals surface area contributed by atoms with Crippen molar-refractivity contribution < 1.29 is 9.90 Å². The van der Waals surface area contributed by atoms with Gasteiger partial charge in [0.1, 0.15) is 11.3 Å². The molecule has 0 atom stereocenters. The maximum absolute atomic E-state index is 11.2. The summed E-state index contributed by atoms with van der Waals surface area (Å²) in [4.78, 5) is 20.9.